The minimum atomic E-state index is -0.306. The van der Waals surface area contributed by atoms with Gasteiger partial charge in [0.05, 0.1) is 6.61 Å². The van der Waals surface area contributed by atoms with Crippen LogP contribution in [0.1, 0.15) is 33.6 Å². The minimum absolute atomic E-state index is 0.0368. The molecule has 2 unspecified atom stereocenters. The average molecular weight is 199 g/mol. The predicted molar refractivity (Wildman–Crippen MR) is 52.0 cm³/mol. The largest absolute Gasteiger partial charge is 0.450 e. The number of likely N-dealkylation sites (tertiary alicyclic amines) is 1. The number of ether oxygens (including phenoxy) is 1. The Labute approximate surface area is 84.2 Å². The van der Waals surface area contributed by atoms with Gasteiger partial charge in [0, 0.05) is 24.9 Å². The van der Waals surface area contributed by atoms with Crippen LogP contribution in [-0.2, 0) is 9.53 Å². The van der Waals surface area contributed by atoms with Crippen molar-refractivity contribution in [3.05, 3.63) is 0 Å². The summed E-state index contributed by atoms with van der Waals surface area (Å²) in [6.07, 6.45) is 0.590. The van der Waals surface area contributed by atoms with Gasteiger partial charge >= 0.3 is 6.09 Å². The molecular formula is C10H17NO3. The highest BCUT2D eigenvalue weighted by Gasteiger charge is 2.33. The molecule has 1 aliphatic rings. The molecule has 1 amide bonds. The first-order valence-electron chi connectivity index (χ1n) is 5.03. The zero-order valence-electron chi connectivity index (χ0n) is 8.95. The molecule has 0 spiro atoms. The van der Waals surface area contributed by atoms with Crippen LogP contribution in [0.2, 0.25) is 0 Å². The summed E-state index contributed by atoms with van der Waals surface area (Å²) in [6, 6.07) is -0.0735. The van der Waals surface area contributed by atoms with Crippen molar-refractivity contribution in [2.24, 2.45) is 0 Å². The second-order valence-corrected chi connectivity index (χ2v) is 3.75. The van der Waals surface area contributed by atoms with Gasteiger partial charge in [-0.3, -0.25) is 4.79 Å². The van der Waals surface area contributed by atoms with Gasteiger partial charge in [-0.1, -0.05) is 0 Å². The standard InChI is InChI=1S/C10H17NO3/c1-4-14-10(13)11-7(2)5-9(12)6-8(11)3/h7-8H,4-6H2,1-3H3. The number of hydrogen-bond donors (Lipinski definition) is 0. The summed E-state index contributed by atoms with van der Waals surface area (Å²) < 4.78 is 4.93. The van der Waals surface area contributed by atoms with Crippen LogP contribution in [0.25, 0.3) is 0 Å². The minimum Gasteiger partial charge on any atom is -0.450 e. The third kappa shape index (κ3) is 2.25. The summed E-state index contributed by atoms with van der Waals surface area (Å²) in [4.78, 5) is 24.4. The number of Topliss-reactive ketones (excluding diaryl/α,β-unsaturated/α-hetero) is 1. The molecule has 80 valence electrons. The maximum atomic E-state index is 11.5. The van der Waals surface area contributed by atoms with Crippen molar-refractivity contribution in [3.8, 4) is 0 Å². The second-order valence-electron chi connectivity index (χ2n) is 3.75. The van der Waals surface area contributed by atoms with Crippen molar-refractivity contribution >= 4 is 11.9 Å². The molecule has 0 N–H and O–H groups in total. The van der Waals surface area contributed by atoms with Crippen LogP contribution < -0.4 is 0 Å². The molecule has 1 aliphatic heterocycles. The van der Waals surface area contributed by atoms with Gasteiger partial charge in [-0.25, -0.2) is 4.79 Å². The van der Waals surface area contributed by atoms with Gasteiger partial charge in [0.2, 0.25) is 0 Å². The van der Waals surface area contributed by atoms with Crippen molar-refractivity contribution in [2.75, 3.05) is 6.61 Å². The van der Waals surface area contributed by atoms with Crippen molar-refractivity contribution in [1.82, 2.24) is 4.90 Å². The topological polar surface area (TPSA) is 46.6 Å². The number of piperidine rings is 1. The zero-order valence-corrected chi connectivity index (χ0v) is 8.95. The Morgan fingerprint density at radius 1 is 1.43 bits per heavy atom. The van der Waals surface area contributed by atoms with E-state index in [1.54, 1.807) is 11.8 Å². The van der Waals surface area contributed by atoms with Crippen molar-refractivity contribution in [3.63, 3.8) is 0 Å². The van der Waals surface area contributed by atoms with Crippen molar-refractivity contribution < 1.29 is 14.3 Å². The van der Waals surface area contributed by atoms with Crippen LogP contribution >= 0.6 is 0 Å². The molecule has 0 aliphatic carbocycles. The van der Waals surface area contributed by atoms with E-state index in [0.717, 1.165) is 0 Å². The lowest BCUT2D eigenvalue weighted by Crippen LogP contribution is -2.50. The Kier molecular flexibility index (Phi) is 3.49. The van der Waals surface area contributed by atoms with Gasteiger partial charge < -0.3 is 9.64 Å². The molecule has 0 aromatic heterocycles. The van der Waals surface area contributed by atoms with E-state index in [9.17, 15) is 9.59 Å². The normalized spacial score (nSPS) is 27.6. The number of amides is 1. The summed E-state index contributed by atoms with van der Waals surface area (Å²) in [5.74, 6) is 0.227. The number of nitrogens with zero attached hydrogens (tertiary/aromatic N) is 1. The Bertz CT molecular complexity index is 226. The lowest BCUT2D eigenvalue weighted by molar-refractivity contribution is -0.123. The van der Waals surface area contributed by atoms with Gasteiger partial charge in [-0.05, 0) is 20.8 Å². The van der Waals surface area contributed by atoms with E-state index in [-0.39, 0.29) is 24.0 Å². The Hall–Kier alpha value is -1.06. The first-order chi connectivity index (χ1) is 6.56. The summed E-state index contributed by atoms with van der Waals surface area (Å²) >= 11 is 0. The third-order valence-electron chi connectivity index (χ3n) is 2.47. The molecule has 1 fully saturated rings. The first-order valence-corrected chi connectivity index (χ1v) is 5.03. The van der Waals surface area contributed by atoms with Crippen LogP contribution in [0.5, 0.6) is 0 Å². The van der Waals surface area contributed by atoms with E-state index in [1.807, 2.05) is 13.8 Å². The predicted octanol–water partition coefficient (Wildman–Crippen LogP) is 1.58. The smallest absolute Gasteiger partial charge is 0.410 e. The SMILES string of the molecule is CCOC(=O)N1C(C)CC(=O)CC1C. The molecule has 4 nitrogen and oxygen atoms in total. The Morgan fingerprint density at radius 3 is 2.36 bits per heavy atom. The molecule has 2 atom stereocenters. The molecule has 0 radical (unpaired) electrons. The van der Waals surface area contributed by atoms with Gasteiger partial charge in [0.15, 0.2) is 0 Å². The number of carbonyl (C=O) groups excluding carboxylic acids is 2. The molecule has 4 heteroatoms. The lowest BCUT2D eigenvalue weighted by Gasteiger charge is -2.37. The molecule has 14 heavy (non-hydrogen) atoms. The highest BCUT2D eigenvalue weighted by molar-refractivity contribution is 5.82. The maximum Gasteiger partial charge on any atom is 0.410 e. The molecular weight excluding hydrogens is 182 g/mol. The van der Waals surface area contributed by atoms with Gasteiger partial charge in [-0.15, -0.1) is 0 Å². The van der Waals surface area contributed by atoms with Crippen LogP contribution in [0.3, 0.4) is 0 Å². The molecule has 1 heterocycles. The van der Waals surface area contributed by atoms with Crippen molar-refractivity contribution in [1.29, 1.82) is 0 Å². The number of ketones is 1. The van der Waals surface area contributed by atoms with Gasteiger partial charge in [0.1, 0.15) is 5.78 Å². The number of rotatable bonds is 1. The summed E-state index contributed by atoms with van der Waals surface area (Å²) in [5.41, 5.74) is 0. The molecule has 0 saturated carbocycles. The molecule has 0 bridgehead atoms. The van der Waals surface area contributed by atoms with E-state index in [1.165, 1.54) is 0 Å². The van der Waals surface area contributed by atoms with E-state index >= 15 is 0 Å². The third-order valence-corrected chi connectivity index (χ3v) is 2.47. The monoisotopic (exact) mass is 199 g/mol. The fourth-order valence-corrected chi connectivity index (χ4v) is 1.93. The van der Waals surface area contributed by atoms with E-state index < -0.39 is 0 Å². The van der Waals surface area contributed by atoms with Gasteiger partial charge in [-0.2, -0.15) is 0 Å². The molecule has 0 aromatic rings. The molecule has 0 aromatic carbocycles. The van der Waals surface area contributed by atoms with E-state index in [4.69, 9.17) is 4.74 Å². The quantitative estimate of drug-likeness (QED) is 0.644. The zero-order chi connectivity index (χ0) is 10.7. The van der Waals surface area contributed by atoms with Crippen molar-refractivity contribution in [2.45, 2.75) is 45.7 Å². The fraction of sp³-hybridized carbons (Fsp3) is 0.800. The Balaban J connectivity index is 2.66. The Morgan fingerprint density at radius 2 is 1.93 bits per heavy atom. The number of carbonyl (C=O) groups is 2. The first kappa shape index (κ1) is 11.0. The van der Waals surface area contributed by atoms with Crippen LogP contribution in [0.4, 0.5) is 4.79 Å². The average Bonchev–Trinajstić information content (AvgIpc) is 2.01. The highest BCUT2D eigenvalue weighted by Crippen LogP contribution is 2.20. The molecule has 1 rings (SSSR count). The number of hydrogen-bond acceptors (Lipinski definition) is 3. The fourth-order valence-electron chi connectivity index (χ4n) is 1.93. The highest BCUT2D eigenvalue weighted by atomic mass is 16.6. The summed E-state index contributed by atoms with van der Waals surface area (Å²) in [7, 11) is 0. The van der Waals surface area contributed by atoms with Crippen LogP contribution in [0.15, 0.2) is 0 Å². The van der Waals surface area contributed by atoms with Crippen LogP contribution in [-0.4, -0.2) is 35.5 Å². The molecule has 1 saturated heterocycles. The lowest BCUT2D eigenvalue weighted by atomic mass is 9.97. The van der Waals surface area contributed by atoms with Crippen LogP contribution in [0, 0.1) is 0 Å². The summed E-state index contributed by atoms with van der Waals surface area (Å²) in [5, 5.41) is 0. The van der Waals surface area contributed by atoms with E-state index in [2.05, 4.69) is 0 Å². The second kappa shape index (κ2) is 4.44. The van der Waals surface area contributed by atoms with Gasteiger partial charge in [0.25, 0.3) is 0 Å². The maximum absolute atomic E-state index is 11.5. The summed E-state index contributed by atoms with van der Waals surface area (Å²) in [6.45, 7) is 5.92. The van der Waals surface area contributed by atoms with E-state index in [0.29, 0.717) is 19.4 Å².